The second-order valence-corrected chi connectivity index (χ2v) is 4.68. The van der Waals surface area contributed by atoms with Gasteiger partial charge in [-0.25, -0.2) is 0 Å². The van der Waals surface area contributed by atoms with Gasteiger partial charge in [0.25, 0.3) is 0 Å². The SMILES string of the molecule is CCC(C(N)=NO)N1CCC(N(C)C)CC1. The minimum Gasteiger partial charge on any atom is -0.409 e. The molecule has 0 aromatic rings. The average molecular weight is 228 g/mol. The molecule has 1 saturated heterocycles. The molecule has 0 spiro atoms. The molecule has 0 radical (unpaired) electrons. The lowest BCUT2D eigenvalue weighted by Crippen LogP contribution is -2.50. The fourth-order valence-electron chi connectivity index (χ4n) is 2.43. The van der Waals surface area contributed by atoms with Gasteiger partial charge in [0.05, 0.1) is 6.04 Å². The molecule has 0 amide bonds. The summed E-state index contributed by atoms with van der Waals surface area (Å²) in [5, 5.41) is 11.9. The molecule has 5 heteroatoms. The van der Waals surface area contributed by atoms with Gasteiger partial charge in [-0.05, 0) is 33.4 Å². The topological polar surface area (TPSA) is 65.1 Å². The van der Waals surface area contributed by atoms with E-state index in [-0.39, 0.29) is 6.04 Å². The monoisotopic (exact) mass is 228 g/mol. The minimum atomic E-state index is 0.0908. The predicted molar refractivity (Wildman–Crippen MR) is 65.8 cm³/mol. The van der Waals surface area contributed by atoms with E-state index >= 15 is 0 Å². The molecule has 1 rings (SSSR count). The van der Waals surface area contributed by atoms with Crippen LogP contribution in [0.4, 0.5) is 0 Å². The highest BCUT2D eigenvalue weighted by Gasteiger charge is 2.27. The number of hydrogen-bond acceptors (Lipinski definition) is 4. The molecule has 1 aliphatic heterocycles. The number of piperidine rings is 1. The van der Waals surface area contributed by atoms with Crippen molar-refractivity contribution in [1.29, 1.82) is 0 Å². The molecule has 1 aliphatic rings. The smallest absolute Gasteiger partial charge is 0.156 e. The third kappa shape index (κ3) is 3.09. The van der Waals surface area contributed by atoms with Crippen LogP contribution in [0.3, 0.4) is 0 Å². The summed E-state index contributed by atoms with van der Waals surface area (Å²) in [7, 11) is 4.25. The van der Waals surface area contributed by atoms with E-state index in [4.69, 9.17) is 10.9 Å². The lowest BCUT2D eigenvalue weighted by atomic mass is 10.0. The molecule has 1 fully saturated rings. The summed E-state index contributed by atoms with van der Waals surface area (Å²) in [6.45, 7) is 4.12. The molecule has 0 aromatic carbocycles. The van der Waals surface area contributed by atoms with E-state index in [1.165, 1.54) is 0 Å². The molecule has 3 N–H and O–H groups in total. The Labute approximate surface area is 97.9 Å². The van der Waals surface area contributed by atoms with Crippen molar-refractivity contribution >= 4 is 5.84 Å². The molecule has 16 heavy (non-hydrogen) atoms. The zero-order valence-electron chi connectivity index (χ0n) is 10.6. The van der Waals surface area contributed by atoms with Gasteiger partial charge in [-0.1, -0.05) is 12.1 Å². The fraction of sp³-hybridized carbons (Fsp3) is 0.909. The van der Waals surface area contributed by atoms with Gasteiger partial charge < -0.3 is 15.8 Å². The summed E-state index contributed by atoms with van der Waals surface area (Å²) in [4.78, 5) is 4.59. The van der Waals surface area contributed by atoms with Gasteiger partial charge in [-0.2, -0.15) is 0 Å². The zero-order valence-corrected chi connectivity index (χ0v) is 10.6. The Bertz CT molecular complexity index is 234. The number of likely N-dealkylation sites (tertiary alicyclic amines) is 1. The van der Waals surface area contributed by atoms with Crippen LogP contribution in [0.2, 0.25) is 0 Å². The Hall–Kier alpha value is -0.810. The largest absolute Gasteiger partial charge is 0.409 e. The molecular weight excluding hydrogens is 204 g/mol. The number of nitrogens with two attached hydrogens (primary N) is 1. The van der Waals surface area contributed by atoms with Crippen LogP contribution < -0.4 is 5.73 Å². The van der Waals surface area contributed by atoms with Crippen LogP contribution in [0.15, 0.2) is 5.16 Å². The Morgan fingerprint density at radius 3 is 2.44 bits per heavy atom. The number of oxime groups is 1. The maximum Gasteiger partial charge on any atom is 0.156 e. The summed E-state index contributed by atoms with van der Waals surface area (Å²) in [6, 6.07) is 0.758. The molecule has 0 bridgehead atoms. The highest BCUT2D eigenvalue weighted by atomic mass is 16.4. The summed E-state index contributed by atoms with van der Waals surface area (Å²) in [6.07, 6.45) is 3.20. The first-order valence-electron chi connectivity index (χ1n) is 5.98. The Morgan fingerprint density at radius 2 is 2.06 bits per heavy atom. The summed E-state index contributed by atoms with van der Waals surface area (Å²) >= 11 is 0. The normalized spacial score (nSPS) is 22.6. The van der Waals surface area contributed by atoms with Gasteiger partial charge in [0.1, 0.15) is 0 Å². The maximum absolute atomic E-state index is 8.74. The second-order valence-electron chi connectivity index (χ2n) is 4.68. The van der Waals surface area contributed by atoms with Gasteiger partial charge in [-0.3, -0.25) is 4.90 Å². The van der Waals surface area contributed by atoms with Crippen LogP contribution >= 0.6 is 0 Å². The van der Waals surface area contributed by atoms with E-state index in [2.05, 4.69) is 36.0 Å². The Balaban J connectivity index is 2.51. The first-order chi connectivity index (χ1) is 7.60. The van der Waals surface area contributed by atoms with E-state index in [1.54, 1.807) is 0 Å². The van der Waals surface area contributed by atoms with Gasteiger partial charge in [0.15, 0.2) is 5.84 Å². The number of nitrogens with zero attached hydrogens (tertiary/aromatic N) is 3. The van der Waals surface area contributed by atoms with Gasteiger partial charge in [-0.15, -0.1) is 0 Å². The summed E-state index contributed by atoms with van der Waals surface area (Å²) in [5.41, 5.74) is 5.70. The lowest BCUT2D eigenvalue weighted by molar-refractivity contribution is 0.127. The van der Waals surface area contributed by atoms with Crippen molar-refractivity contribution in [3.05, 3.63) is 0 Å². The third-order valence-corrected chi connectivity index (χ3v) is 3.51. The number of hydrogen-bond donors (Lipinski definition) is 2. The van der Waals surface area contributed by atoms with Crippen LogP contribution in [-0.2, 0) is 0 Å². The second kappa shape index (κ2) is 6.06. The highest BCUT2D eigenvalue weighted by Crippen LogP contribution is 2.17. The molecule has 1 atom stereocenters. The van der Waals surface area contributed by atoms with Gasteiger partial charge in [0, 0.05) is 19.1 Å². The van der Waals surface area contributed by atoms with Crippen molar-refractivity contribution in [2.75, 3.05) is 27.2 Å². The molecule has 94 valence electrons. The van der Waals surface area contributed by atoms with Crippen molar-refractivity contribution in [2.45, 2.75) is 38.3 Å². The third-order valence-electron chi connectivity index (χ3n) is 3.51. The first-order valence-corrected chi connectivity index (χ1v) is 5.98. The fourth-order valence-corrected chi connectivity index (χ4v) is 2.43. The lowest BCUT2D eigenvalue weighted by Gasteiger charge is -2.38. The van der Waals surface area contributed by atoms with Crippen LogP contribution in [0.5, 0.6) is 0 Å². The van der Waals surface area contributed by atoms with Gasteiger partial charge in [0.2, 0.25) is 0 Å². The zero-order chi connectivity index (χ0) is 12.1. The molecule has 0 aliphatic carbocycles. The predicted octanol–water partition coefficient (Wildman–Crippen LogP) is 0.537. The first kappa shape index (κ1) is 13.3. The van der Waals surface area contributed by atoms with Crippen molar-refractivity contribution in [1.82, 2.24) is 9.80 Å². The summed E-state index contributed by atoms with van der Waals surface area (Å²) < 4.78 is 0. The number of amidine groups is 1. The van der Waals surface area contributed by atoms with Gasteiger partial charge >= 0.3 is 0 Å². The quantitative estimate of drug-likeness (QED) is 0.319. The van der Waals surface area contributed by atoms with E-state index in [9.17, 15) is 0 Å². The summed E-state index contributed by atoms with van der Waals surface area (Å²) in [5.74, 6) is 0.339. The molecule has 0 saturated carbocycles. The standard InChI is InChI=1S/C11H24N4O/c1-4-10(11(12)13-16)15-7-5-9(6-8-15)14(2)3/h9-10,16H,4-8H2,1-3H3,(H2,12,13). The van der Waals surface area contributed by atoms with E-state index in [0.29, 0.717) is 11.9 Å². The van der Waals surface area contributed by atoms with Crippen LogP contribution in [-0.4, -0.2) is 60.1 Å². The molecule has 1 unspecified atom stereocenters. The highest BCUT2D eigenvalue weighted by molar-refractivity contribution is 5.85. The molecular formula is C11H24N4O. The van der Waals surface area contributed by atoms with Crippen LogP contribution in [0, 0.1) is 0 Å². The Kier molecular flexibility index (Phi) is 5.02. The molecule has 1 heterocycles. The van der Waals surface area contributed by atoms with E-state index in [1.807, 2.05) is 0 Å². The van der Waals surface area contributed by atoms with Crippen LogP contribution in [0.1, 0.15) is 26.2 Å². The van der Waals surface area contributed by atoms with Crippen LogP contribution in [0.25, 0.3) is 0 Å². The van der Waals surface area contributed by atoms with Crippen molar-refractivity contribution in [3.63, 3.8) is 0 Å². The van der Waals surface area contributed by atoms with Crippen molar-refractivity contribution in [3.8, 4) is 0 Å². The van der Waals surface area contributed by atoms with Crippen molar-refractivity contribution in [2.24, 2.45) is 10.9 Å². The maximum atomic E-state index is 8.74. The Morgan fingerprint density at radius 1 is 1.50 bits per heavy atom. The number of rotatable bonds is 4. The minimum absolute atomic E-state index is 0.0908. The van der Waals surface area contributed by atoms with E-state index < -0.39 is 0 Å². The molecule has 5 nitrogen and oxygen atoms in total. The van der Waals surface area contributed by atoms with Crippen molar-refractivity contribution < 1.29 is 5.21 Å². The average Bonchev–Trinajstić information content (AvgIpc) is 2.30. The molecule has 0 aromatic heterocycles. The van der Waals surface area contributed by atoms with E-state index in [0.717, 1.165) is 32.4 Å².